The Morgan fingerprint density at radius 3 is 2.00 bits per heavy atom. The first-order chi connectivity index (χ1) is 10.1. The van der Waals surface area contributed by atoms with E-state index in [1.807, 2.05) is 0 Å². The van der Waals surface area contributed by atoms with E-state index < -0.39 is 5.60 Å². The van der Waals surface area contributed by atoms with Crippen LogP contribution in [-0.2, 0) is 0 Å². The van der Waals surface area contributed by atoms with Gasteiger partial charge in [0.2, 0.25) is 0 Å². The summed E-state index contributed by atoms with van der Waals surface area (Å²) >= 11 is 0. The van der Waals surface area contributed by atoms with Crippen LogP contribution < -0.4 is 5.32 Å². The van der Waals surface area contributed by atoms with Crippen molar-refractivity contribution < 1.29 is 5.11 Å². The predicted octanol–water partition coefficient (Wildman–Crippen LogP) is 3.88. The molecule has 0 radical (unpaired) electrons. The minimum absolute atomic E-state index is 0.408. The molecule has 5 saturated carbocycles. The Bertz CT molecular complexity index is 350. The lowest BCUT2D eigenvalue weighted by atomic mass is 9.48. The molecule has 0 aromatic carbocycles. The van der Waals surface area contributed by atoms with E-state index >= 15 is 0 Å². The molecule has 1 atom stereocenters. The number of rotatable bonds is 4. The van der Waals surface area contributed by atoms with Gasteiger partial charge in [0.05, 0.1) is 5.60 Å². The van der Waals surface area contributed by atoms with E-state index in [1.165, 1.54) is 57.8 Å². The Morgan fingerprint density at radius 2 is 1.48 bits per heavy atom. The summed E-state index contributed by atoms with van der Waals surface area (Å²) in [6.45, 7) is 3.25. The molecule has 1 unspecified atom stereocenters. The van der Waals surface area contributed by atoms with E-state index in [9.17, 15) is 5.11 Å². The Kier molecular flexibility index (Phi) is 3.61. The molecule has 2 heteroatoms. The van der Waals surface area contributed by atoms with Gasteiger partial charge in [-0.2, -0.15) is 0 Å². The van der Waals surface area contributed by atoms with Crippen molar-refractivity contribution in [3.05, 3.63) is 0 Å². The molecule has 0 aromatic heterocycles. The fourth-order valence-electron chi connectivity index (χ4n) is 6.65. The summed E-state index contributed by atoms with van der Waals surface area (Å²) in [5, 5.41) is 14.5. The van der Waals surface area contributed by atoms with E-state index in [0.29, 0.717) is 11.5 Å². The molecule has 120 valence electrons. The van der Waals surface area contributed by atoms with E-state index in [0.717, 1.165) is 37.1 Å². The van der Waals surface area contributed by atoms with Gasteiger partial charge in [-0.05, 0) is 81.5 Å². The average molecular weight is 291 g/mol. The van der Waals surface area contributed by atoms with E-state index in [-0.39, 0.29) is 0 Å². The molecule has 0 heterocycles. The Hall–Kier alpha value is -0.0800. The molecule has 4 bridgehead atoms. The molecular weight excluding hydrogens is 258 g/mol. The highest BCUT2D eigenvalue weighted by Crippen LogP contribution is 2.61. The van der Waals surface area contributed by atoms with Crippen LogP contribution in [0.3, 0.4) is 0 Å². The minimum atomic E-state index is -0.408. The van der Waals surface area contributed by atoms with Gasteiger partial charge < -0.3 is 10.4 Å². The summed E-state index contributed by atoms with van der Waals surface area (Å²) < 4.78 is 0. The van der Waals surface area contributed by atoms with Crippen LogP contribution in [-0.4, -0.2) is 23.3 Å². The maximum Gasteiger partial charge on any atom is 0.0771 e. The highest BCUT2D eigenvalue weighted by molar-refractivity contribution is 5.05. The largest absolute Gasteiger partial charge is 0.389 e. The third-order valence-electron chi connectivity index (χ3n) is 7.53. The van der Waals surface area contributed by atoms with Crippen LogP contribution in [0.1, 0.15) is 77.6 Å². The average Bonchev–Trinajstić information content (AvgIpc) is 2.44. The third kappa shape index (κ3) is 2.67. The molecule has 0 saturated heterocycles. The standard InChI is InChI=1S/C19H33NO/c1-14(20-13-19(21)5-3-2-4-6-19)18-10-15-7-16(11-18)9-17(8-15)12-18/h14-17,20-21H,2-13H2,1H3. The second-order valence-electron chi connectivity index (χ2n) is 9.17. The van der Waals surface area contributed by atoms with Crippen molar-refractivity contribution >= 4 is 0 Å². The van der Waals surface area contributed by atoms with Gasteiger partial charge in [0.1, 0.15) is 0 Å². The van der Waals surface area contributed by atoms with Gasteiger partial charge >= 0.3 is 0 Å². The van der Waals surface area contributed by atoms with Crippen molar-refractivity contribution in [2.75, 3.05) is 6.54 Å². The molecule has 2 N–H and O–H groups in total. The monoisotopic (exact) mass is 291 g/mol. The SMILES string of the molecule is CC(NCC1(O)CCCCC1)C12CC3CC(CC(C3)C1)C2. The second kappa shape index (κ2) is 5.23. The molecule has 2 nitrogen and oxygen atoms in total. The van der Waals surface area contributed by atoms with Crippen molar-refractivity contribution in [1.82, 2.24) is 5.32 Å². The van der Waals surface area contributed by atoms with Gasteiger partial charge in [-0.25, -0.2) is 0 Å². The second-order valence-corrected chi connectivity index (χ2v) is 9.17. The van der Waals surface area contributed by atoms with Gasteiger partial charge in [-0.3, -0.25) is 0 Å². The van der Waals surface area contributed by atoms with Gasteiger partial charge in [0.15, 0.2) is 0 Å². The summed E-state index contributed by atoms with van der Waals surface area (Å²) in [5.74, 6) is 3.08. The molecule has 5 rings (SSSR count). The van der Waals surface area contributed by atoms with Gasteiger partial charge in [0.25, 0.3) is 0 Å². The topological polar surface area (TPSA) is 32.3 Å². The van der Waals surface area contributed by atoms with Crippen LogP contribution in [0.5, 0.6) is 0 Å². The van der Waals surface area contributed by atoms with Crippen molar-refractivity contribution in [2.45, 2.75) is 89.2 Å². The Balaban J connectivity index is 1.39. The third-order valence-corrected chi connectivity index (χ3v) is 7.53. The molecule has 21 heavy (non-hydrogen) atoms. The summed E-state index contributed by atoms with van der Waals surface area (Å²) in [6, 6.07) is 0.594. The summed E-state index contributed by atoms with van der Waals surface area (Å²) in [4.78, 5) is 0. The minimum Gasteiger partial charge on any atom is -0.389 e. The lowest BCUT2D eigenvalue weighted by Gasteiger charge is -2.59. The maximum atomic E-state index is 10.7. The van der Waals surface area contributed by atoms with Crippen molar-refractivity contribution in [3.63, 3.8) is 0 Å². The number of nitrogens with one attached hydrogen (secondary N) is 1. The molecule has 0 aliphatic heterocycles. The molecular formula is C19H33NO. The number of hydrogen-bond acceptors (Lipinski definition) is 2. The predicted molar refractivity (Wildman–Crippen MR) is 86.1 cm³/mol. The lowest BCUT2D eigenvalue weighted by molar-refractivity contribution is -0.0761. The molecule has 5 aliphatic carbocycles. The highest BCUT2D eigenvalue weighted by atomic mass is 16.3. The van der Waals surface area contributed by atoms with Gasteiger partial charge in [-0.1, -0.05) is 19.3 Å². The zero-order valence-electron chi connectivity index (χ0n) is 13.7. The Morgan fingerprint density at radius 1 is 0.952 bits per heavy atom. The fourth-order valence-corrected chi connectivity index (χ4v) is 6.65. The van der Waals surface area contributed by atoms with Crippen molar-refractivity contribution in [3.8, 4) is 0 Å². The molecule has 0 aromatic rings. The highest BCUT2D eigenvalue weighted by Gasteiger charge is 2.53. The van der Waals surface area contributed by atoms with E-state index in [4.69, 9.17) is 0 Å². The van der Waals surface area contributed by atoms with Crippen LogP contribution in [0, 0.1) is 23.2 Å². The summed E-state index contributed by atoms with van der Waals surface area (Å²) in [6.07, 6.45) is 14.7. The molecule has 0 amide bonds. The molecule has 0 spiro atoms. The first-order valence-corrected chi connectivity index (χ1v) is 9.53. The van der Waals surface area contributed by atoms with Gasteiger partial charge in [0, 0.05) is 12.6 Å². The summed E-state index contributed by atoms with van der Waals surface area (Å²) in [7, 11) is 0. The van der Waals surface area contributed by atoms with Crippen LogP contribution >= 0.6 is 0 Å². The van der Waals surface area contributed by atoms with Gasteiger partial charge in [-0.15, -0.1) is 0 Å². The summed E-state index contributed by atoms with van der Waals surface area (Å²) in [5.41, 5.74) is 0.161. The number of hydrogen-bond donors (Lipinski definition) is 2. The van der Waals surface area contributed by atoms with Crippen LogP contribution in [0.2, 0.25) is 0 Å². The van der Waals surface area contributed by atoms with Crippen LogP contribution in [0.25, 0.3) is 0 Å². The lowest BCUT2D eigenvalue weighted by Crippen LogP contribution is -2.57. The van der Waals surface area contributed by atoms with Crippen LogP contribution in [0.4, 0.5) is 0 Å². The Labute approximate surface area is 130 Å². The molecule has 5 aliphatic rings. The quantitative estimate of drug-likeness (QED) is 0.824. The van der Waals surface area contributed by atoms with Crippen molar-refractivity contribution in [1.29, 1.82) is 0 Å². The zero-order valence-corrected chi connectivity index (χ0v) is 13.7. The molecule has 5 fully saturated rings. The zero-order chi connectivity index (χ0) is 14.5. The number of aliphatic hydroxyl groups is 1. The van der Waals surface area contributed by atoms with Crippen molar-refractivity contribution in [2.24, 2.45) is 23.2 Å². The van der Waals surface area contributed by atoms with E-state index in [2.05, 4.69) is 12.2 Å². The van der Waals surface area contributed by atoms with Crippen LogP contribution in [0.15, 0.2) is 0 Å². The first kappa shape index (κ1) is 14.5. The fraction of sp³-hybridized carbons (Fsp3) is 1.00. The van der Waals surface area contributed by atoms with E-state index in [1.54, 1.807) is 0 Å². The maximum absolute atomic E-state index is 10.7. The smallest absolute Gasteiger partial charge is 0.0771 e. The normalized spacial score (nSPS) is 45.7. The first-order valence-electron chi connectivity index (χ1n) is 9.53.